The molecule has 0 saturated carbocycles. The van der Waals surface area contributed by atoms with E-state index in [1.165, 1.54) is 19.1 Å². The second-order valence-electron chi connectivity index (χ2n) is 7.12. The normalized spacial score (nSPS) is 17.5. The van der Waals surface area contributed by atoms with Crippen molar-refractivity contribution < 1.29 is 24.2 Å². The Morgan fingerprint density at radius 2 is 1.62 bits per heavy atom. The molecule has 0 spiro atoms. The van der Waals surface area contributed by atoms with Crippen molar-refractivity contribution >= 4 is 39.1 Å². The number of aliphatic hydroxyl groups excluding tert-OH is 1. The average molecular weight is 494 g/mol. The number of carbonyl (C=O) groups excluding carboxylic acids is 2. The van der Waals surface area contributed by atoms with Crippen molar-refractivity contribution in [3.63, 3.8) is 0 Å². The highest BCUT2D eigenvalue weighted by atomic mass is 79.9. The van der Waals surface area contributed by atoms with E-state index in [2.05, 4.69) is 15.9 Å². The number of anilines is 1. The molecule has 32 heavy (non-hydrogen) atoms. The first-order chi connectivity index (χ1) is 15.5. The number of rotatable bonds is 5. The van der Waals surface area contributed by atoms with Crippen LogP contribution in [-0.4, -0.2) is 31.0 Å². The number of halogens is 1. The second-order valence-corrected chi connectivity index (χ2v) is 8.04. The molecule has 3 aromatic rings. The first kappa shape index (κ1) is 21.6. The molecule has 0 bridgehead atoms. The Hall–Kier alpha value is -3.58. The summed E-state index contributed by atoms with van der Waals surface area (Å²) in [5.41, 5.74) is 1.53. The van der Waals surface area contributed by atoms with E-state index in [1.807, 2.05) is 30.3 Å². The maximum Gasteiger partial charge on any atom is 0.300 e. The standard InChI is InChI=1S/C25H20BrNO5/c1-31-18-12-13-19(20(14-18)32-2)23(28)21-22(15-6-4-3-5-7-15)27(25(30)24(21)29)17-10-8-16(26)9-11-17/h3-14,22,28H,1-2H3/b23-21-. The maximum atomic E-state index is 13.2. The molecule has 1 N–H and O–H groups in total. The van der Waals surface area contributed by atoms with E-state index < -0.39 is 17.7 Å². The molecule has 7 heteroatoms. The van der Waals surface area contributed by atoms with E-state index in [-0.39, 0.29) is 11.3 Å². The van der Waals surface area contributed by atoms with Gasteiger partial charge in [-0.15, -0.1) is 0 Å². The number of Topliss-reactive ketones (excluding diaryl/α,β-unsaturated/α-hetero) is 1. The first-order valence-electron chi connectivity index (χ1n) is 9.80. The van der Waals surface area contributed by atoms with E-state index in [4.69, 9.17) is 9.47 Å². The van der Waals surface area contributed by atoms with Gasteiger partial charge in [-0.3, -0.25) is 14.5 Å². The van der Waals surface area contributed by atoms with Crippen LogP contribution in [0.5, 0.6) is 11.5 Å². The predicted octanol–water partition coefficient (Wildman–Crippen LogP) is 5.09. The Morgan fingerprint density at radius 3 is 2.25 bits per heavy atom. The van der Waals surface area contributed by atoms with E-state index in [1.54, 1.807) is 42.5 Å². The van der Waals surface area contributed by atoms with Gasteiger partial charge in [0.2, 0.25) is 0 Å². The zero-order chi connectivity index (χ0) is 22.8. The molecule has 1 aliphatic heterocycles. The molecule has 4 rings (SSSR count). The Labute approximate surface area is 193 Å². The van der Waals surface area contributed by atoms with Crippen molar-refractivity contribution in [3.8, 4) is 11.5 Å². The fourth-order valence-corrected chi connectivity index (χ4v) is 4.05. The van der Waals surface area contributed by atoms with Gasteiger partial charge in [-0.2, -0.15) is 0 Å². The number of ketones is 1. The van der Waals surface area contributed by atoms with Crippen molar-refractivity contribution in [3.05, 3.63) is 94.0 Å². The van der Waals surface area contributed by atoms with Gasteiger partial charge in [-0.25, -0.2) is 0 Å². The molecular weight excluding hydrogens is 474 g/mol. The van der Waals surface area contributed by atoms with Crippen molar-refractivity contribution in [1.82, 2.24) is 0 Å². The topological polar surface area (TPSA) is 76.1 Å². The minimum atomic E-state index is -0.802. The number of benzene rings is 3. The van der Waals surface area contributed by atoms with Crippen LogP contribution >= 0.6 is 15.9 Å². The molecule has 1 amide bonds. The van der Waals surface area contributed by atoms with Crippen LogP contribution in [0, 0.1) is 0 Å². The molecule has 6 nitrogen and oxygen atoms in total. The third-order valence-corrected chi connectivity index (χ3v) is 5.86. The number of carbonyl (C=O) groups is 2. The van der Waals surface area contributed by atoms with Gasteiger partial charge < -0.3 is 14.6 Å². The number of amides is 1. The van der Waals surface area contributed by atoms with Gasteiger partial charge in [0.1, 0.15) is 17.3 Å². The summed E-state index contributed by atoms with van der Waals surface area (Å²) < 4.78 is 11.5. The highest BCUT2D eigenvalue weighted by Gasteiger charge is 2.47. The summed E-state index contributed by atoms with van der Waals surface area (Å²) in [6, 6.07) is 20.3. The van der Waals surface area contributed by atoms with E-state index in [0.717, 1.165) is 4.47 Å². The van der Waals surface area contributed by atoms with Crippen molar-refractivity contribution in [2.24, 2.45) is 0 Å². The minimum Gasteiger partial charge on any atom is -0.507 e. The summed E-state index contributed by atoms with van der Waals surface area (Å²) in [7, 11) is 2.98. The molecule has 0 aliphatic carbocycles. The summed E-state index contributed by atoms with van der Waals surface area (Å²) in [5.74, 6) is -0.930. The summed E-state index contributed by atoms with van der Waals surface area (Å²) in [6.07, 6.45) is 0. The second kappa shape index (κ2) is 8.88. The maximum absolute atomic E-state index is 13.2. The zero-order valence-corrected chi connectivity index (χ0v) is 19.0. The minimum absolute atomic E-state index is 0.00687. The van der Waals surface area contributed by atoms with Gasteiger partial charge in [-0.1, -0.05) is 46.3 Å². The van der Waals surface area contributed by atoms with Gasteiger partial charge in [0.15, 0.2) is 0 Å². The lowest BCUT2D eigenvalue weighted by atomic mass is 9.95. The van der Waals surface area contributed by atoms with Gasteiger partial charge in [-0.05, 0) is 42.0 Å². The highest BCUT2D eigenvalue weighted by molar-refractivity contribution is 9.10. The lowest BCUT2D eigenvalue weighted by Crippen LogP contribution is -2.29. The highest BCUT2D eigenvalue weighted by Crippen LogP contribution is 2.43. The van der Waals surface area contributed by atoms with Crippen LogP contribution in [-0.2, 0) is 9.59 Å². The molecule has 1 heterocycles. The molecule has 1 saturated heterocycles. The molecule has 3 aromatic carbocycles. The number of hydrogen-bond donors (Lipinski definition) is 1. The fraction of sp³-hybridized carbons (Fsp3) is 0.120. The third-order valence-electron chi connectivity index (χ3n) is 5.33. The monoisotopic (exact) mass is 493 g/mol. The predicted molar refractivity (Wildman–Crippen MR) is 125 cm³/mol. The lowest BCUT2D eigenvalue weighted by molar-refractivity contribution is -0.132. The molecule has 1 aliphatic rings. The van der Waals surface area contributed by atoms with E-state index >= 15 is 0 Å². The van der Waals surface area contributed by atoms with Gasteiger partial charge in [0.25, 0.3) is 11.7 Å². The van der Waals surface area contributed by atoms with Gasteiger partial charge >= 0.3 is 0 Å². The molecule has 1 fully saturated rings. The molecule has 0 radical (unpaired) electrons. The molecule has 162 valence electrons. The van der Waals surface area contributed by atoms with E-state index in [0.29, 0.717) is 28.3 Å². The van der Waals surface area contributed by atoms with Crippen LogP contribution < -0.4 is 14.4 Å². The Balaban J connectivity index is 1.95. The largest absolute Gasteiger partial charge is 0.507 e. The molecule has 0 aromatic heterocycles. The average Bonchev–Trinajstić information content (AvgIpc) is 3.09. The van der Waals surface area contributed by atoms with Gasteiger partial charge in [0, 0.05) is 16.2 Å². The molecule has 1 unspecified atom stereocenters. The van der Waals surface area contributed by atoms with Crippen molar-refractivity contribution in [2.45, 2.75) is 6.04 Å². The smallest absolute Gasteiger partial charge is 0.300 e. The van der Waals surface area contributed by atoms with Crippen molar-refractivity contribution in [1.29, 1.82) is 0 Å². The number of ether oxygens (including phenoxy) is 2. The fourth-order valence-electron chi connectivity index (χ4n) is 3.79. The number of aliphatic hydroxyl groups is 1. The zero-order valence-electron chi connectivity index (χ0n) is 17.4. The SMILES string of the molecule is COc1ccc(/C(O)=C2/C(=O)C(=O)N(c3ccc(Br)cc3)C2c2ccccc2)c(OC)c1. The summed E-state index contributed by atoms with van der Waals surface area (Å²) in [4.78, 5) is 27.7. The number of methoxy groups -OCH3 is 2. The first-order valence-corrected chi connectivity index (χ1v) is 10.6. The summed E-state index contributed by atoms with van der Waals surface area (Å²) in [5, 5.41) is 11.3. The van der Waals surface area contributed by atoms with E-state index in [9.17, 15) is 14.7 Å². The third kappa shape index (κ3) is 3.76. The van der Waals surface area contributed by atoms with Crippen LogP contribution in [0.4, 0.5) is 5.69 Å². The van der Waals surface area contributed by atoms with Crippen LogP contribution in [0.1, 0.15) is 17.2 Å². The van der Waals surface area contributed by atoms with Crippen LogP contribution in [0.3, 0.4) is 0 Å². The summed E-state index contributed by atoms with van der Waals surface area (Å²) >= 11 is 3.39. The molecule has 1 atom stereocenters. The van der Waals surface area contributed by atoms with Crippen LogP contribution in [0.25, 0.3) is 5.76 Å². The van der Waals surface area contributed by atoms with Crippen LogP contribution in [0.2, 0.25) is 0 Å². The lowest BCUT2D eigenvalue weighted by Gasteiger charge is -2.25. The number of hydrogen-bond acceptors (Lipinski definition) is 5. The van der Waals surface area contributed by atoms with Crippen LogP contribution in [0.15, 0.2) is 82.8 Å². The Bertz CT molecular complexity index is 1200. The quantitative estimate of drug-likeness (QED) is 0.304. The molecular formula is C25H20BrNO5. The number of nitrogens with zero attached hydrogens (tertiary/aromatic N) is 1. The summed E-state index contributed by atoms with van der Waals surface area (Å²) in [6.45, 7) is 0. The Morgan fingerprint density at radius 1 is 0.938 bits per heavy atom. The van der Waals surface area contributed by atoms with Crippen molar-refractivity contribution in [2.75, 3.05) is 19.1 Å². The Kier molecular flexibility index (Phi) is 6.01. The van der Waals surface area contributed by atoms with Gasteiger partial charge in [0.05, 0.1) is 31.4 Å².